The SMILES string of the molecule is Cc1cccc([Si]C(C/C=C\c2c(C(C)C)cc(C(C)C)cc2C(C)C)O[Si](C)(C)c2ccccc2)c1C. The normalized spacial score (nSPS) is 13.3. The molecule has 3 heteroatoms. The third-order valence-corrected chi connectivity index (χ3v) is 12.0. The first-order valence-corrected chi connectivity index (χ1v) is 18.3. The molecule has 0 bridgehead atoms. The minimum Gasteiger partial charge on any atom is -0.413 e. The van der Waals surface area contributed by atoms with Crippen LogP contribution in [0, 0.1) is 13.8 Å². The average Bonchev–Trinajstić information content (AvgIpc) is 2.86. The monoisotopic (exact) mass is 540 g/mol. The van der Waals surface area contributed by atoms with E-state index in [2.05, 4.69) is 141 Å². The van der Waals surface area contributed by atoms with E-state index in [1.165, 1.54) is 43.8 Å². The molecule has 0 aliphatic carbocycles. The van der Waals surface area contributed by atoms with Gasteiger partial charge in [-0.1, -0.05) is 120 Å². The zero-order valence-electron chi connectivity index (χ0n) is 25.4. The number of aryl methyl sites for hydroxylation is 1. The Kier molecular flexibility index (Phi) is 10.6. The largest absolute Gasteiger partial charge is 0.413 e. The first-order valence-electron chi connectivity index (χ1n) is 14.3. The molecule has 0 N–H and O–H groups in total. The smallest absolute Gasteiger partial charge is 0.218 e. The molecule has 1 unspecified atom stereocenters. The lowest BCUT2D eigenvalue weighted by atomic mass is 9.84. The maximum atomic E-state index is 7.07. The summed E-state index contributed by atoms with van der Waals surface area (Å²) in [4.78, 5) is 0. The second-order valence-electron chi connectivity index (χ2n) is 12.1. The van der Waals surface area contributed by atoms with Gasteiger partial charge < -0.3 is 4.43 Å². The maximum Gasteiger partial charge on any atom is 0.218 e. The molecule has 0 heterocycles. The van der Waals surface area contributed by atoms with Crippen LogP contribution in [0.1, 0.15) is 99.1 Å². The van der Waals surface area contributed by atoms with Crippen LogP contribution in [0.25, 0.3) is 6.08 Å². The van der Waals surface area contributed by atoms with Crippen LogP contribution in [0.2, 0.25) is 13.1 Å². The van der Waals surface area contributed by atoms with Crippen LogP contribution in [-0.2, 0) is 4.43 Å². The number of rotatable bonds is 11. The van der Waals surface area contributed by atoms with Crippen molar-refractivity contribution in [1.29, 1.82) is 0 Å². The van der Waals surface area contributed by atoms with Crippen LogP contribution in [-0.4, -0.2) is 23.6 Å². The summed E-state index contributed by atoms with van der Waals surface area (Å²) in [5.41, 5.74) is 8.70. The Morgan fingerprint density at radius 3 is 1.95 bits per heavy atom. The molecule has 0 saturated carbocycles. The minimum absolute atomic E-state index is 0.161. The standard InChI is InChI=1S/C35H48OSi2/c1-24(2)29-22-32(25(3)4)31(33(23-29)26(5)6)19-15-21-35(37-34-20-14-16-27(7)28(34)8)36-38(9,10)30-17-12-11-13-18-30/h11-20,22-26,35H,21H2,1-10H3/b19-15-. The van der Waals surface area contributed by atoms with Gasteiger partial charge in [0.2, 0.25) is 8.32 Å². The van der Waals surface area contributed by atoms with Crippen LogP contribution < -0.4 is 10.4 Å². The summed E-state index contributed by atoms with van der Waals surface area (Å²) in [6.45, 7) is 23.0. The van der Waals surface area contributed by atoms with Crippen molar-refractivity contribution in [3.8, 4) is 0 Å². The third kappa shape index (κ3) is 7.68. The minimum atomic E-state index is -2.06. The second-order valence-corrected chi connectivity index (χ2v) is 17.4. The van der Waals surface area contributed by atoms with Crippen LogP contribution in [0.3, 0.4) is 0 Å². The summed E-state index contributed by atoms with van der Waals surface area (Å²) in [6, 6.07) is 22.4. The Bertz CT molecular complexity index is 1190. The van der Waals surface area contributed by atoms with Crippen molar-refractivity contribution in [3.63, 3.8) is 0 Å². The van der Waals surface area contributed by atoms with E-state index in [1.807, 2.05) is 0 Å². The van der Waals surface area contributed by atoms with Crippen molar-refractivity contribution < 1.29 is 4.43 Å². The van der Waals surface area contributed by atoms with Gasteiger partial charge in [-0.15, -0.1) is 0 Å². The molecule has 0 saturated heterocycles. The van der Waals surface area contributed by atoms with Crippen LogP contribution >= 0.6 is 0 Å². The predicted molar refractivity (Wildman–Crippen MR) is 172 cm³/mol. The van der Waals surface area contributed by atoms with Crippen molar-refractivity contribution in [2.75, 3.05) is 0 Å². The zero-order valence-corrected chi connectivity index (χ0v) is 27.4. The molecule has 202 valence electrons. The van der Waals surface area contributed by atoms with Gasteiger partial charge in [-0.05, 0) is 89.7 Å². The molecule has 0 aliphatic heterocycles. The van der Waals surface area contributed by atoms with Crippen molar-refractivity contribution in [2.45, 2.75) is 98.4 Å². The van der Waals surface area contributed by atoms with E-state index in [-0.39, 0.29) is 5.73 Å². The van der Waals surface area contributed by atoms with Gasteiger partial charge in [0.15, 0.2) is 0 Å². The molecule has 0 amide bonds. The maximum absolute atomic E-state index is 7.07. The van der Waals surface area contributed by atoms with E-state index < -0.39 is 8.32 Å². The molecule has 3 rings (SSSR count). The molecule has 0 aromatic heterocycles. The van der Waals surface area contributed by atoms with Gasteiger partial charge in [-0.2, -0.15) is 0 Å². The highest BCUT2D eigenvalue weighted by molar-refractivity contribution is 6.84. The fraction of sp³-hybridized carbons (Fsp3) is 0.429. The van der Waals surface area contributed by atoms with E-state index in [0.29, 0.717) is 27.3 Å². The number of hydrogen-bond acceptors (Lipinski definition) is 1. The lowest BCUT2D eigenvalue weighted by molar-refractivity contribution is 0.279. The first kappa shape index (κ1) is 30.3. The van der Waals surface area contributed by atoms with Gasteiger partial charge in [0, 0.05) is 5.73 Å². The Morgan fingerprint density at radius 2 is 1.39 bits per heavy atom. The second kappa shape index (κ2) is 13.2. The summed E-state index contributed by atoms with van der Waals surface area (Å²) in [6.07, 6.45) is 5.70. The fourth-order valence-corrected chi connectivity index (χ4v) is 9.26. The highest BCUT2D eigenvalue weighted by atomic mass is 28.4. The Hall–Kier alpha value is -2.21. The summed E-state index contributed by atoms with van der Waals surface area (Å²) < 4.78 is 7.07. The molecule has 0 spiro atoms. The van der Waals surface area contributed by atoms with E-state index in [4.69, 9.17) is 4.43 Å². The zero-order chi connectivity index (χ0) is 28.0. The van der Waals surface area contributed by atoms with Crippen LogP contribution in [0.4, 0.5) is 0 Å². The van der Waals surface area contributed by atoms with Gasteiger partial charge >= 0.3 is 0 Å². The predicted octanol–water partition coefficient (Wildman–Crippen LogP) is 8.56. The van der Waals surface area contributed by atoms with Gasteiger partial charge in [0.1, 0.15) is 9.52 Å². The third-order valence-electron chi connectivity index (χ3n) is 7.64. The summed E-state index contributed by atoms with van der Waals surface area (Å²) in [5, 5.41) is 2.78. The average molecular weight is 541 g/mol. The summed E-state index contributed by atoms with van der Waals surface area (Å²) >= 11 is 0. The van der Waals surface area contributed by atoms with Gasteiger partial charge in [-0.25, -0.2) is 0 Å². The van der Waals surface area contributed by atoms with E-state index in [1.54, 1.807) is 0 Å². The molecular formula is C35H48OSi2. The summed E-state index contributed by atoms with van der Waals surface area (Å²) in [7, 11) is -1.44. The van der Waals surface area contributed by atoms with Crippen molar-refractivity contribution in [1.82, 2.24) is 0 Å². The highest BCUT2D eigenvalue weighted by Crippen LogP contribution is 2.33. The lowest BCUT2D eigenvalue weighted by Gasteiger charge is -2.30. The first-order chi connectivity index (χ1) is 17.9. The van der Waals surface area contributed by atoms with Crippen LogP contribution in [0.5, 0.6) is 0 Å². The molecule has 3 aromatic carbocycles. The van der Waals surface area contributed by atoms with Gasteiger partial charge in [-0.3, -0.25) is 0 Å². The quantitative estimate of drug-likeness (QED) is 0.221. The molecule has 38 heavy (non-hydrogen) atoms. The fourth-order valence-electron chi connectivity index (χ4n) is 4.99. The molecule has 2 radical (unpaired) electrons. The number of benzene rings is 3. The van der Waals surface area contributed by atoms with Crippen molar-refractivity contribution in [3.05, 3.63) is 100 Å². The molecule has 0 aliphatic rings. The Morgan fingerprint density at radius 1 is 0.789 bits per heavy atom. The number of hydrogen-bond donors (Lipinski definition) is 0. The Balaban J connectivity index is 1.97. The lowest BCUT2D eigenvalue weighted by Crippen LogP contribution is -2.50. The van der Waals surface area contributed by atoms with Crippen molar-refractivity contribution >= 4 is 34.3 Å². The topological polar surface area (TPSA) is 9.23 Å². The van der Waals surface area contributed by atoms with Gasteiger partial charge in [0.25, 0.3) is 0 Å². The Labute approximate surface area is 236 Å². The molecule has 1 nitrogen and oxygen atoms in total. The van der Waals surface area contributed by atoms with Crippen LogP contribution in [0.15, 0.2) is 66.7 Å². The van der Waals surface area contributed by atoms with E-state index in [0.717, 1.165) is 6.42 Å². The molecule has 3 aromatic rings. The van der Waals surface area contributed by atoms with Crippen molar-refractivity contribution in [2.24, 2.45) is 0 Å². The molecular weight excluding hydrogens is 493 g/mol. The van der Waals surface area contributed by atoms with E-state index >= 15 is 0 Å². The molecule has 0 fully saturated rings. The summed E-state index contributed by atoms with van der Waals surface area (Å²) in [5.74, 6) is 1.50. The van der Waals surface area contributed by atoms with Gasteiger partial charge in [0.05, 0.1) is 0 Å². The highest BCUT2D eigenvalue weighted by Gasteiger charge is 2.29. The molecule has 1 atom stereocenters. The van der Waals surface area contributed by atoms with E-state index in [9.17, 15) is 0 Å².